The number of aromatic nitrogens is 3. The van der Waals surface area contributed by atoms with Gasteiger partial charge in [0.1, 0.15) is 11.7 Å². The van der Waals surface area contributed by atoms with Crippen molar-refractivity contribution in [2.75, 3.05) is 6.61 Å². The number of pyridine rings is 1. The van der Waals surface area contributed by atoms with Gasteiger partial charge in [0.25, 0.3) is 0 Å². The minimum atomic E-state index is -0.673. The molecule has 2 aromatic heterocycles. The molecule has 7 heteroatoms. The van der Waals surface area contributed by atoms with Crippen LogP contribution in [0.3, 0.4) is 0 Å². The maximum atomic E-state index is 8.82. The summed E-state index contributed by atoms with van der Waals surface area (Å²) >= 11 is 5.70. The molecular weight excluding hydrogens is 232 g/mol. The summed E-state index contributed by atoms with van der Waals surface area (Å²) < 4.78 is 4.88. The van der Waals surface area contributed by atoms with Gasteiger partial charge in [-0.3, -0.25) is 4.98 Å². The molecule has 3 N–H and O–H groups in total. The molecule has 84 valence electrons. The summed E-state index contributed by atoms with van der Waals surface area (Å²) in [5.41, 5.74) is 6.05. The van der Waals surface area contributed by atoms with E-state index in [0.717, 1.165) is 0 Å². The zero-order valence-corrected chi connectivity index (χ0v) is 8.92. The van der Waals surface area contributed by atoms with Gasteiger partial charge in [0.15, 0.2) is 0 Å². The summed E-state index contributed by atoms with van der Waals surface area (Å²) in [6.45, 7) is -0.254. The molecule has 0 fully saturated rings. The molecule has 0 aromatic carbocycles. The largest absolute Gasteiger partial charge is 0.394 e. The first kappa shape index (κ1) is 11.0. The molecule has 0 radical (unpaired) electrons. The molecular formula is C9H9ClN4O2. The van der Waals surface area contributed by atoms with E-state index in [1.54, 1.807) is 12.1 Å². The van der Waals surface area contributed by atoms with Crippen molar-refractivity contribution in [2.45, 2.75) is 6.04 Å². The van der Waals surface area contributed by atoms with Gasteiger partial charge in [0.05, 0.1) is 11.6 Å². The highest BCUT2D eigenvalue weighted by molar-refractivity contribution is 6.30. The second kappa shape index (κ2) is 4.56. The Labute approximate surface area is 96.1 Å². The molecule has 0 saturated carbocycles. The Morgan fingerprint density at radius 3 is 2.94 bits per heavy atom. The Kier molecular flexibility index (Phi) is 3.14. The van der Waals surface area contributed by atoms with Gasteiger partial charge in [0, 0.05) is 6.20 Å². The lowest BCUT2D eigenvalue weighted by Crippen LogP contribution is -2.14. The van der Waals surface area contributed by atoms with Gasteiger partial charge in [-0.2, -0.15) is 4.98 Å². The normalized spacial score (nSPS) is 12.7. The lowest BCUT2D eigenvalue weighted by Gasteiger charge is -1.98. The van der Waals surface area contributed by atoms with E-state index in [0.29, 0.717) is 16.5 Å². The average molecular weight is 241 g/mol. The topological polar surface area (TPSA) is 98.1 Å². The summed E-state index contributed by atoms with van der Waals surface area (Å²) in [5, 5.41) is 13.0. The molecule has 0 unspecified atom stereocenters. The van der Waals surface area contributed by atoms with Crippen LogP contribution in [0.4, 0.5) is 0 Å². The van der Waals surface area contributed by atoms with E-state index in [4.69, 9.17) is 27.0 Å². The first-order chi connectivity index (χ1) is 7.70. The second-order valence-corrected chi connectivity index (χ2v) is 3.54. The van der Waals surface area contributed by atoms with Crippen molar-refractivity contribution in [3.8, 4) is 11.5 Å². The standard InChI is InChI=1S/C9H9ClN4O2/c10-5-1-2-7(12-3-5)8-13-9(16-14-8)6(11)4-15/h1-3,6,15H,4,11H2/t6-/m0/s1. The predicted octanol–water partition coefficient (Wildman–Crippen LogP) is 0.777. The van der Waals surface area contributed by atoms with E-state index in [2.05, 4.69) is 15.1 Å². The fraction of sp³-hybridized carbons (Fsp3) is 0.222. The molecule has 0 bridgehead atoms. The Morgan fingerprint density at radius 2 is 2.31 bits per heavy atom. The molecule has 16 heavy (non-hydrogen) atoms. The molecule has 0 saturated heterocycles. The van der Waals surface area contributed by atoms with Crippen LogP contribution in [0.5, 0.6) is 0 Å². The van der Waals surface area contributed by atoms with Crippen molar-refractivity contribution in [1.82, 2.24) is 15.1 Å². The third-order valence-electron chi connectivity index (χ3n) is 1.91. The number of hydrogen-bond acceptors (Lipinski definition) is 6. The van der Waals surface area contributed by atoms with Gasteiger partial charge >= 0.3 is 0 Å². The van der Waals surface area contributed by atoms with Gasteiger partial charge < -0.3 is 15.4 Å². The molecule has 0 aliphatic rings. The first-order valence-electron chi connectivity index (χ1n) is 4.52. The predicted molar refractivity (Wildman–Crippen MR) is 56.6 cm³/mol. The third kappa shape index (κ3) is 2.19. The Balaban J connectivity index is 2.28. The quantitative estimate of drug-likeness (QED) is 0.823. The zero-order chi connectivity index (χ0) is 11.5. The van der Waals surface area contributed by atoms with Gasteiger partial charge in [-0.15, -0.1) is 0 Å². The lowest BCUT2D eigenvalue weighted by atomic mass is 10.3. The Morgan fingerprint density at radius 1 is 1.50 bits per heavy atom. The summed E-state index contributed by atoms with van der Waals surface area (Å²) in [7, 11) is 0. The van der Waals surface area contributed by atoms with Crippen LogP contribution in [-0.2, 0) is 0 Å². The van der Waals surface area contributed by atoms with Crippen LogP contribution < -0.4 is 5.73 Å². The smallest absolute Gasteiger partial charge is 0.246 e. The molecule has 2 rings (SSSR count). The van der Waals surface area contributed by atoms with E-state index < -0.39 is 6.04 Å². The van der Waals surface area contributed by atoms with Gasteiger partial charge in [-0.1, -0.05) is 16.8 Å². The van der Waals surface area contributed by atoms with Gasteiger partial charge in [-0.25, -0.2) is 0 Å². The van der Waals surface area contributed by atoms with Crippen molar-refractivity contribution < 1.29 is 9.63 Å². The fourth-order valence-corrected chi connectivity index (χ4v) is 1.19. The van der Waals surface area contributed by atoms with Crippen molar-refractivity contribution in [3.05, 3.63) is 29.2 Å². The van der Waals surface area contributed by atoms with Crippen molar-refractivity contribution >= 4 is 11.6 Å². The minimum absolute atomic E-state index is 0.175. The molecule has 0 aliphatic heterocycles. The maximum absolute atomic E-state index is 8.82. The fourth-order valence-electron chi connectivity index (χ4n) is 1.08. The number of halogens is 1. The van der Waals surface area contributed by atoms with Gasteiger partial charge in [0.2, 0.25) is 11.7 Å². The van der Waals surface area contributed by atoms with Crippen LogP contribution >= 0.6 is 11.6 Å². The highest BCUT2D eigenvalue weighted by atomic mass is 35.5. The Bertz CT molecular complexity index is 471. The summed E-state index contributed by atoms with van der Waals surface area (Å²) in [6, 6.07) is 2.67. The van der Waals surface area contributed by atoms with Crippen LogP contribution in [0.15, 0.2) is 22.9 Å². The third-order valence-corrected chi connectivity index (χ3v) is 2.14. The van der Waals surface area contributed by atoms with E-state index in [-0.39, 0.29) is 12.5 Å². The van der Waals surface area contributed by atoms with E-state index in [9.17, 15) is 0 Å². The molecule has 2 aromatic rings. The summed E-state index contributed by atoms with van der Waals surface area (Å²) in [6.07, 6.45) is 1.49. The number of hydrogen-bond donors (Lipinski definition) is 2. The molecule has 0 spiro atoms. The van der Waals surface area contributed by atoms with Crippen LogP contribution in [0.25, 0.3) is 11.5 Å². The van der Waals surface area contributed by atoms with Crippen molar-refractivity contribution in [3.63, 3.8) is 0 Å². The first-order valence-corrected chi connectivity index (χ1v) is 4.90. The van der Waals surface area contributed by atoms with Crippen molar-refractivity contribution in [1.29, 1.82) is 0 Å². The highest BCUT2D eigenvalue weighted by Crippen LogP contribution is 2.17. The number of nitrogens with two attached hydrogens (primary N) is 1. The molecule has 2 heterocycles. The van der Waals surface area contributed by atoms with E-state index in [1.165, 1.54) is 6.20 Å². The number of rotatable bonds is 3. The SMILES string of the molecule is N[C@@H](CO)c1nc(-c2ccc(Cl)cn2)no1. The van der Waals surface area contributed by atoms with Crippen LogP contribution in [0.1, 0.15) is 11.9 Å². The summed E-state index contributed by atoms with van der Waals surface area (Å²) in [5.74, 6) is 0.491. The lowest BCUT2D eigenvalue weighted by molar-refractivity contribution is 0.237. The molecule has 6 nitrogen and oxygen atoms in total. The zero-order valence-electron chi connectivity index (χ0n) is 8.17. The second-order valence-electron chi connectivity index (χ2n) is 3.11. The van der Waals surface area contributed by atoms with Crippen LogP contribution in [-0.4, -0.2) is 26.8 Å². The maximum Gasteiger partial charge on any atom is 0.246 e. The van der Waals surface area contributed by atoms with E-state index >= 15 is 0 Å². The van der Waals surface area contributed by atoms with Crippen LogP contribution in [0.2, 0.25) is 5.02 Å². The van der Waals surface area contributed by atoms with E-state index in [1.807, 2.05) is 0 Å². The monoisotopic (exact) mass is 240 g/mol. The number of nitrogens with zero attached hydrogens (tertiary/aromatic N) is 3. The van der Waals surface area contributed by atoms with Crippen molar-refractivity contribution in [2.24, 2.45) is 5.73 Å². The molecule has 0 amide bonds. The highest BCUT2D eigenvalue weighted by Gasteiger charge is 2.15. The summed E-state index contributed by atoms with van der Waals surface area (Å²) in [4.78, 5) is 8.04. The number of aliphatic hydroxyl groups is 1. The molecule has 1 atom stereocenters. The average Bonchev–Trinajstić information content (AvgIpc) is 2.78. The minimum Gasteiger partial charge on any atom is -0.394 e. The Hall–Kier alpha value is -1.50. The molecule has 0 aliphatic carbocycles. The van der Waals surface area contributed by atoms with Crippen LogP contribution in [0, 0.1) is 0 Å². The number of aliphatic hydroxyl groups excluding tert-OH is 1. The van der Waals surface area contributed by atoms with Gasteiger partial charge in [-0.05, 0) is 12.1 Å².